The van der Waals surface area contributed by atoms with E-state index in [4.69, 9.17) is 5.10 Å². The second kappa shape index (κ2) is 5.18. The van der Waals surface area contributed by atoms with Gasteiger partial charge in [0.1, 0.15) is 5.82 Å². The summed E-state index contributed by atoms with van der Waals surface area (Å²) < 4.78 is 4.33. The van der Waals surface area contributed by atoms with Gasteiger partial charge in [0.05, 0.1) is 17.8 Å². The van der Waals surface area contributed by atoms with Gasteiger partial charge in [0.15, 0.2) is 0 Å². The third-order valence-electron chi connectivity index (χ3n) is 6.09. The number of piperidine rings is 1. The first-order valence-electron chi connectivity index (χ1n) is 8.87. The molecule has 2 atom stereocenters. The molecule has 5 rings (SSSR count). The lowest BCUT2D eigenvalue weighted by atomic mass is 9.98. The number of hydrogen-bond donors (Lipinski definition) is 0. The van der Waals surface area contributed by atoms with Crippen LogP contribution in [0.5, 0.6) is 0 Å². The summed E-state index contributed by atoms with van der Waals surface area (Å²) in [5.74, 6) is 1.00. The zero-order valence-corrected chi connectivity index (χ0v) is 14.3. The van der Waals surface area contributed by atoms with Crippen LogP contribution in [0.2, 0.25) is 0 Å². The molecule has 0 saturated carbocycles. The highest BCUT2D eigenvalue weighted by Crippen LogP contribution is 2.40. The Morgan fingerprint density at radius 3 is 2.54 bits per heavy atom. The highest BCUT2D eigenvalue weighted by atomic mass is 15.3. The van der Waals surface area contributed by atoms with Crippen LogP contribution in [0.25, 0.3) is 22.3 Å². The monoisotopic (exact) mass is 321 g/mol. The summed E-state index contributed by atoms with van der Waals surface area (Å²) in [6.07, 6.45) is 11.0. The van der Waals surface area contributed by atoms with E-state index in [9.17, 15) is 0 Å². The molecule has 0 radical (unpaired) electrons. The summed E-state index contributed by atoms with van der Waals surface area (Å²) in [6.45, 7) is 0. The molecular formula is C19H23N5. The highest BCUT2D eigenvalue weighted by molar-refractivity contribution is 5.83. The standard InChI is InChI=1S/C19H23N5/c1-22-8-7-20-19(22)13-3-6-18-14(9-13)12-21-24(18)17-10-15-4-5-16(11-17)23(15)2/h3,6-9,12,15-17H,4-5,10-11H2,1-2H3. The van der Waals surface area contributed by atoms with Crippen molar-refractivity contribution in [3.8, 4) is 11.4 Å². The van der Waals surface area contributed by atoms with Crippen LogP contribution in [-0.2, 0) is 7.05 Å². The van der Waals surface area contributed by atoms with Crippen molar-refractivity contribution in [1.82, 2.24) is 24.2 Å². The molecule has 2 fully saturated rings. The number of fused-ring (bicyclic) bond motifs is 3. The van der Waals surface area contributed by atoms with Crippen molar-refractivity contribution in [3.05, 3.63) is 36.8 Å². The number of rotatable bonds is 2. The lowest BCUT2D eigenvalue weighted by Crippen LogP contribution is -2.40. The summed E-state index contributed by atoms with van der Waals surface area (Å²) in [6, 6.07) is 8.61. The number of hydrogen-bond acceptors (Lipinski definition) is 3. The van der Waals surface area contributed by atoms with E-state index in [0.717, 1.165) is 23.5 Å². The molecule has 2 unspecified atom stereocenters. The molecule has 0 aliphatic carbocycles. The first-order valence-corrected chi connectivity index (χ1v) is 8.87. The Hall–Kier alpha value is -2.14. The molecule has 124 valence electrons. The molecule has 3 aromatic rings. The van der Waals surface area contributed by atoms with Gasteiger partial charge in [-0.3, -0.25) is 4.68 Å². The van der Waals surface area contributed by atoms with Gasteiger partial charge in [-0.2, -0.15) is 5.10 Å². The SMILES string of the molecule is CN1C2CCC1CC(n1ncc3cc(-c4nccn4C)ccc31)C2. The van der Waals surface area contributed by atoms with Crippen molar-refractivity contribution in [2.75, 3.05) is 7.05 Å². The summed E-state index contributed by atoms with van der Waals surface area (Å²) in [5, 5.41) is 5.97. The van der Waals surface area contributed by atoms with Crippen molar-refractivity contribution in [3.63, 3.8) is 0 Å². The van der Waals surface area contributed by atoms with E-state index in [-0.39, 0.29) is 0 Å². The molecule has 24 heavy (non-hydrogen) atoms. The van der Waals surface area contributed by atoms with Gasteiger partial charge in [0.25, 0.3) is 0 Å². The third kappa shape index (κ3) is 2.04. The molecule has 0 N–H and O–H groups in total. The zero-order valence-electron chi connectivity index (χ0n) is 14.3. The predicted molar refractivity (Wildman–Crippen MR) is 94.8 cm³/mol. The van der Waals surface area contributed by atoms with E-state index < -0.39 is 0 Å². The molecule has 5 heteroatoms. The Bertz CT molecular complexity index is 878. The van der Waals surface area contributed by atoms with Gasteiger partial charge in [0.2, 0.25) is 0 Å². The minimum Gasteiger partial charge on any atom is -0.334 e. The van der Waals surface area contributed by atoms with Crippen molar-refractivity contribution in [1.29, 1.82) is 0 Å². The average Bonchev–Trinajstić information content (AvgIpc) is 3.23. The van der Waals surface area contributed by atoms with Crippen LogP contribution in [0.1, 0.15) is 31.7 Å². The second-order valence-corrected chi connectivity index (χ2v) is 7.40. The number of imidazole rings is 1. The van der Waals surface area contributed by atoms with Gasteiger partial charge in [-0.25, -0.2) is 4.98 Å². The molecule has 4 heterocycles. The van der Waals surface area contributed by atoms with Gasteiger partial charge in [0, 0.05) is 42.5 Å². The maximum Gasteiger partial charge on any atom is 0.139 e. The van der Waals surface area contributed by atoms with Crippen LogP contribution in [0.3, 0.4) is 0 Å². The van der Waals surface area contributed by atoms with Crippen molar-refractivity contribution in [2.45, 2.75) is 43.8 Å². The van der Waals surface area contributed by atoms with E-state index in [0.29, 0.717) is 6.04 Å². The molecule has 2 aromatic heterocycles. The zero-order chi connectivity index (χ0) is 16.3. The molecule has 5 nitrogen and oxygen atoms in total. The lowest BCUT2D eigenvalue weighted by molar-refractivity contribution is 0.133. The smallest absolute Gasteiger partial charge is 0.139 e. The van der Waals surface area contributed by atoms with E-state index in [1.165, 1.54) is 36.6 Å². The normalized spacial score (nSPS) is 27.2. The fraction of sp³-hybridized carbons (Fsp3) is 0.474. The quantitative estimate of drug-likeness (QED) is 0.727. The largest absolute Gasteiger partial charge is 0.334 e. The first kappa shape index (κ1) is 14.2. The molecule has 0 amide bonds. The average molecular weight is 321 g/mol. The molecule has 1 aromatic carbocycles. The lowest BCUT2D eigenvalue weighted by Gasteiger charge is -2.36. The molecule has 2 saturated heterocycles. The van der Waals surface area contributed by atoms with Crippen LogP contribution in [0.15, 0.2) is 36.8 Å². The maximum absolute atomic E-state index is 4.76. The Morgan fingerprint density at radius 2 is 1.83 bits per heavy atom. The van der Waals surface area contributed by atoms with E-state index >= 15 is 0 Å². The Balaban J connectivity index is 1.51. The minimum atomic E-state index is 0.537. The number of aromatic nitrogens is 4. The topological polar surface area (TPSA) is 38.9 Å². The van der Waals surface area contributed by atoms with Gasteiger partial charge in [-0.1, -0.05) is 0 Å². The second-order valence-electron chi connectivity index (χ2n) is 7.40. The van der Waals surface area contributed by atoms with Crippen molar-refractivity contribution >= 4 is 10.9 Å². The van der Waals surface area contributed by atoms with Crippen LogP contribution >= 0.6 is 0 Å². The highest BCUT2D eigenvalue weighted by Gasteiger charge is 2.39. The van der Waals surface area contributed by atoms with Gasteiger partial charge in [-0.05, 0) is 50.9 Å². The third-order valence-corrected chi connectivity index (χ3v) is 6.09. The molecular weight excluding hydrogens is 298 g/mol. The summed E-state index contributed by atoms with van der Waals surface area (Å²) in [4.78, 5) is 7.04. The Morgan fingerprint density at radius 1 is 1.04 bits per heavy atom. The van der Waals surface area contributed by atoms with Gasteiger partial charge in [-0.15, -0.1) is 0 Å². The Kier molecular flexibility index (Phi) is 3.07. The van der Waals surface area contributed by atoms with Crippen LogP contribution in [0, 0.1) is 0 Å². The molecule has 2 bridgehead atoms. The van der Waals surface area contributed by atoms with E-state index in [1.807, 2.05) is 25.6 Å². The fourth-order valence-electron chi connectivity index (χ4n) is 4.71. The summed E-state index contributed by atoms with van der Waals surface area (Å²) >= 11 is 0. The van der Waals surface area contributed by atoms with Crippen LogP contribution < -0.4 is 0 Å². The summed E-state index contributed by atoms with van der Waals surface area (Å²) in [7, 11) is 4.32. The Labute approximate surface area is 141 Å². The van der Waals surface area contributed by atoms with Crippen LogP contribution in [-0.4, -0.2) is 43.4 Å². The minimum absolute atomic E-state index is 0.537. The van der Waals surface area contributed by atoms with Gasteiger partial charge < -0.3 is 9.47 Å². The molecule has 2 aliphatic heterocycles. The molecule has 2 aliphatic rings. The maximum atomic E-state index is 4.76. The number of nitrogens with zero attached hydrogens (tertiary/aromatic N) is 5. The number of aryl methyl sites for hydroxylation is 1. The van der Waals surface area contributed by atoms with E-state index in [1.54, 1.807) is 0 Å². The fourth-order valence-corrected chi connectivity index (χ4v) is 4.71. The van der Waals surface area contributed by atoms with Gasteiger partial charge >= 0.3 is 0 Å². The van der Waals surface area contributed by atoms with Crippen LogP contribution in [0.4, 0.5) is 0 Å². The number of benzene rings is 1. The van der Waals surface area contributed by atoms with Crippen molar-refractivity contribution in [2.24, 2.45) is 7.05 Å². The first-order chi connectivity index (χ1) is 11.7. The van der Waals surface area contributed by atoms with Crippen molar-refractivity contribution < 1.29 is 0 Å². The summed E-state index contributed by atoms with van der Waals surface area (Å²) in [5.41, 5.74) is 2.40. The predicted octanol–water partition coefficient (Wildman–Crippen LogP) is 3.23. The van der Waals surface area contributed by atoms with E-state index in [2.05, 4.69) is 44.4 Å². The molecule has 0 spiro atoms.